The quantitative estimate of drug-likeness (QED) is 0.854. The van der Waals surface area contributed by atoms with E-state index in [9.17, 15) is 0 Å². The van der Waals surface area contributed by atoms with Crippen molar-refractivity contribution in [3.63, 3.8) is 0 Å². The van der Waals surface area contributed by atoms with Crippen LogP contribution in [0.25, 0.3) is 0 Å². The fraction of sp³-hybridized carbons (Fsp3) is 0.625. The number of nitrogens with one attached hydrogen (secondary N) is 1. The summed E-state index contributed by atoms with van der Waals surface area (Å²) >= 11 is 0. The molecule has 0 saturated heterocycles. The predicted octanol–water partition coefficient (Wildman–Crippen LogP) is 3.86. The third-order valence-electron chi connectivity index (χ3n) is 4.75. The number of anilines is 1. The molecule has 1 aromatic rings. The first-order valence-corrected chi connectivity index (χ1v) is 7.26. The van der Waals surface area contributed by atoms with Gasteiger partial charge in [0.25, 0.3) is 0 Å². The Labute approximate surface area is 110 Å². The molecule has 3 atom stereocenters. The van der Waals surface area contributed by atoms with Crippen LogP contribution in [-0.4, -0.2) is 12.6 Å². The Bertz CT molecular complexity index is 429. The molecule has 0 amide bonds. The van der Waals surface area contributed by atoms with Gasteiger partial charge in [-0.1, -0.05) is 26.7 Å². The van der Waals surface area contributed by atoms with Crippen LogP contribution in [-0.2, 0) is 6.42 Å². The summed E-state index contributed by atoms with van der Waals surface area (Å²) in [6, 6.07) is 7.18. The molecule has 0 radical (unpaired) electrons. The van der Waals surface area contributed by atoms with Crippen molar-refractivity contribution >= 4 is 5.69 Å². The van der Waals surface area contributed by atoms with E-state index in [1.54, 1.807) is 0 Å². The van der Waals surface area contributed by atoms with E-state index in [-0.39, 0.29) is 0 Å². The second kappa shape index (κ2) is 4.83. The average Bonchev–Trinajstić information content (AvgIpc) is 2.82. The summed E-state index contributed by atoms with van der Waals surface area (Å²) in [6.07, 6.45) is 5.11. The van der Waals surface area contributed by atoms with Crippen LogP contribution in [0, 0.1) is 11.8 Å². The average molecular weight is 245 g/mol. The number of hydrogen-bond donors (Lipinski definition) is 1. The number of rotatable bonds is 2. The third kappa shape index (κ3) is 2.21. The van der Waals surface area contributed by atoms with Crippen LogP contribution in [0.1, 0.15) is 38.7 Å². The van der Waals surface area contributed by atoms with Gasteiger partial charge in [0.1, 0.15) is 5.75 Å². The monoisotopic (exact) mass is 245 g/mol. The minimum absolute atomic E-state index is 0.633. The van der Waals surface area contributed by atoms with Crippen molar-refractivity contribution in [2.24, 2.45) is 11.8 Å². The van der Waals surface area contributed by atoms with Gasteiger partial charge in [-0.05, 0) is 42.0 Å². The van der Waals surface area contributed by atoms with E-state index in [0.29, 0.717) is 6.04 Å². The van der Waals surface area contributed by atoms with E-state index in [1.165, 1.54) is 30.5 Å². The fourth-order valence-corrected chi connectivity index (χ4v) is 3.28. The molecular weight excluding hydrogens is 222 g/mol. The Hall–Kier alpha value is -1.18. The summed E-state index contributed by atoms with van der Waals surface area (Å²) in [7, 11) is 0. The molecule has 1 fully saturated rings. The molecule has 2 aliphatic rings. The Balaban J connectivity index is 1.72. The lowest BCUT2D eigenvalue weighted by molar-refractivity contribution is 0.253. The Morgan fingerprint density at radius 3 is 3.00 bits per heavy atom. The molecule has 1 saturated carbocycles. The maximum Gasteiger partial charge on any atom is 0.122 e. The third-order valence-corrected chi connectivity index (χ3v) is 4.75. The number of hydrogen-bond acceptors (Lipinski definition) is 2. The van der Waals surface area contributed by atoms with Gasteiger partial charge in [0.2, 0.25) is 0 Å². The summed E-state index contributed by atoms with van der Waals surface area (Å²) < 4.78 is 5.55. The molecule has 3 rings (SSSR count). The van der Waals surface area contributed by atoms with E-state index >= 15 is 0 Å². The van der Waals surface area contributed by atoms with Gasteiger partial charge in [-0.2, -0.15) is 0 Å². The van der Waals surface area contributed by atoms with E-state index < -0.39 is 0 Å². The van der Waals surface area contributed by atoms with Gasteiger partial charge < -0.3 is 10.1 Å². The zero-order valence-corrected chi connectivity index (χ0v) is 11.4. The maximum absolute atomic E-state index is 5.55. The first-order chi connectivity index (χ1) is 8.74. The smallest absolute Gasteiger partial charge is 0.122 e. The van der Waals surface area contributed by atoms with Gasteiger partial charge in [-0.3, -0.25) is 0 Å². The molecule has 18 heavy (non-hydrogen) atoms. The second-order valence-corrected chi connectivity index (χ2v) is 5.94. The minimum atomic E-state index is 0.633. The minimum Gasteiger partial charge on any atom is -0.493 e. The van der Waals surface area contributed by atoms with Gasteiger partial charge in [0, 0.05) is 18.2 Å². The fourth-order valence-electron chi connectivity index (χ4n) is 3.28. The van der Waals surface area contributed by atoms with E-state index in [2.05, 4.69) is 37.4 Å². The van der Waals surface area contributed by atoms with Crippen LogP contribution in [0.4, 0.5) is 5.69 Å². The largest absolute Gasteiger partial charge is 0.493 e. The summed E-state index contributed by atoms with van der Waals surface area (Å²) in [5.41, 5.74) is 2.63. The van der Waals surface area contributed by atoms with E-state index in [0.717, 1.165) is 30.6 Å². The Morgan fingerprint density at radius 1 is 1.22 bits per heavy atom. The van der Waals surface area contributed by atoms with Gasteiger partial charge in [-0.25, -0.2) is 0 Å². The Kier molecular flexibility index (Phi) is 3.19. The molecule has 2 heteroatoms. The van der Waals surface area contributed by atoms with Crippen molar-refractivity contribution < 1.29 is 4.74 Å². The van der Waals surface area contributed by atoms with Crippen LogP contribution in [0.3, 0.4) is 0 Å². The van der Waals surface area contributed by atoms with E-state index in [1.807, 2.05) is 0 Å². The summed E-state index contributed by atoms with van der Waals surface area (Å²) in [5.74, 6) is 2.68. The van der Waals surface area contributed by atoms with Crippen LogP contribution in [0.2, 0.25) is 0 Å². The zero-order valence-electron chi connectivity index (χ0n) is 11.4. The lowest BCUT2D eigenvalue weighted by Crippen LogP contribution is -2.34. The van der Waals surface area contributed by atoms with Crippen molar-refractivity contribution in [3.8, 4) is 5.75 Å². The molecule has 98 valence electrons. The Morgan fingerprint density at radius 2 is 2.11 bits per heavy atom. The van der Waals surface area contributed by atoms with Crippen molar-refractivity contribution in [2.75, 3.05) is 11.9 Å². The van der Waals surface area contributed by atoms with Crippen molar-refractivity contribution in [1.29, 1.82) is 0 Å². The highest BCUT2D eigenvalue weighted by molar-refractivity contribution is 5.53. The van der Waals surface area contributed by atoms with Crippen LogP contribution in [0.5, 0.6) is 5.75 Å². The highest BCUT2D eigenvalue weighted by atomic mass is 16.5. The molecule has 1 N–H and O–H groups in total. The SMILES string of the molecule is CC1CCCC(Nc2ccc3c(c2)CCO3)C1C. The summed E-state index contributed by atoms with van der Waals surface area (Å²) in [6.45, 7) is 5.61. The lowest BCUT2D eigenvalue weighted by Gasteiger charge is -2.35. The normalized spacial score (nSPS) is 30.7. The number of fused-ring (bicyclic) bond motifs is 1. The predicted molar refractivity (Wildman–Crippen MR) is 75.2 cm³/mol. The second-order valence-electron chi connectivity index (χ2n) is 5.94. The number of benzene rings is 1. The maximum atomic E-state index is 5.55. The molecule has 0 spiro atoms. The van der Waals surface area contributed by atoms with Crippen molar-refractivity contribution in [1.82, 2.24) is 0 Å². The molecule has 0 bridgehead atoms. The summed E-state index contributed by atoms with van der Waals surface area (Å²) in [5, 5.41) is 3.74. The molecule has 1 heterocycles. The molecule has 2 nitrogen and oxygen atoms in total. The van der Waals surface area contributed by atoms with Gasteiger partial charge >= 0.3 is 0 Å². The molecule has 1 aromatic carbocycles. The van der Waals surface area contributed by atoms with E-state index in [4.69, 9.17) is 4.74 Å². The molecule has 1 aliphatic heterocycles. The zero-order chi connectivity index (χ0) is 12.5. The summed E-state index contributed by atoms with van der Waals surface area (Å²) in [4.78, 5) is 0. The highest BCUT2D eigenvalue weighted by Crippen LogP contribution is 2.33. The van der Waals surface area contributed by atoms with Crippen molar-refractivity contribution in [2.45, 2.75) is 45.6 Å². The van der Waals surface area contributed by atoms with Gasteiger partial charge in [-0.15, -0.1) is 0 Å². The molecule has 1 aliphatic carbocycles. The highest BCUT2D eigenvalue weighted by Gasteiger charge is 2.27. The molecular formula is C16H23NO. The lowest BCUT2D eigenvalue weighted by atomic mass is 9.78. The van der Waals surface area contributed by atoms with Crippen LogP contribution >= 0.6 is 0 Å². The first-order valence-electron chi connectivity index (χ1n) is 7.26. The molecule has 3 unspecified atom stereocenters. The standard InChI is InChI=1S/C16H23NO/c1-11-4-3-5-15(12(11)2)17-14-6-7-16-13(10-14)8-9-18-16/h6-7,10-12,15,17H,3-5,8-9H2,1-2H3. The van der Waals surface area contributed by atoms with Crippen molar-refractivity contribution in [3.05, 3.63) is 23.8 Å². The van der Waals surface area contributed by atoms with Gasteiger partial charge in [0.05, 0.1) is 6.61 Å². The van der Waals surface area contributed by atoms with Crippen LogP contribution in [0.15, 0.2) is 18.2 Å². The molecule has 0 aromatic heterocycles. The first kappa shape index (κ1) is 11.9. The van der Waals surface area contributed by atoms with Gasteiger partial charge in [0.15, 0.2) is 0 Å². The van der Waals surface area contributed by atoms with Crippen LogP contribution < -0.4 is 10.1 Å². The number of ether oxygens (including phenoxy) is 1. The topological polar surface area (TPSA) is 21.3 Å².